The van der Waals surface area contributed by atoms with E-state index in [1.54, 1.807) is 0 Å². The molecule has 0 spiro atoms. The van der Waals surface area contributed by atoms with Crippen molar-refractivity contribution in [1.29, 1.82) is 0 Å². The van der Waals surface area contributed by atoms with E-state index in [0.717, 1.165) is 72.9 Å². The summed E-state index contributed by atoms with van der Waals surface area (Å²) in [4.78, 5) is 7.78. The molecule has 0 radical (unpaired) electrons. The molecule has 452 valence electrons. The molecule has 4 nitrogen and oxygen atoms in total. The molecule has 2 aliphatic heterocycles. The Morgan fingerprint density at radius 1 is 0.398 bits per heavy atom. The molecule has 0 fully saturated rings. The van der Waals surface area contributed by atoms with Crippen LogP contribution < -0.4 is 51.1 Å². The van der Waals surface area contributed by atoms with E-state index in [9.17, 15) is 0 Å². The van der Waals surface area contributed by atoms with E-state index in [1.807, 2.05) is 11.3 Å². The third-order valence-electron chi connectivity index (χ3n) is 19.7. The van der Waals surface area contributed by atoms with Gasteiger partial charge >= 0.3 is 0 Å². The van der Waals surface area contributed by atoms with Crippen LogP contribution >= 0.6 is 11.3 Å². The van der Waals surface area contributed by atoms with Gasteiger partial charge in [0.15, 0.2) is 13.7 Å². The van der Waals surface area contributed by atoms with Crippen molar-refractivity contribution < 1.29 is 4.42 Å². The highest BCUT2D eigenvalue weighted by atomic mass is 32.1. The lowest BCUT2D eigenvalue weighted by Crippen LogP contribution is -2.75. The Bertz CT molecular complexity index is 5060. The Balaban J connectivity index is 1.08. The van der Waals surface area contributed by atoms with Gasteiger partial charge in [0.2, 0.25) is 0 Å². The molecule has 0 atom stereocenters. The van der Waals surface area contributed by atoms with Gasteiger partial charge in [-0.05, 0) is 149 Å². The minimum atomic E-state index is -3.29. The maximum atomic E-state index is 7.30. The predicted molar refractivity (Wildman–Crippen MR) is 403 cm³/mol. The predicted octanol–water partition coefficient (Wildman–Crippen LogP) is 19.3. The fraction of sp³-hybridized carbons (Fsp3) is 0.140. The highest BCUT2D eigenvalue weighted by Gasteiger charge is 2.49. The molecule has 12 aromatic carbocycles. The Kier molecular flexibility index (Phi) is 13.9. The zero-order valence-corrected chi connectivity index (χ0v) is 56.2. The maximum absolute atomic E-state index is 7.30. The highest BCUT2D eigenvalue weighted by Crippen LogP contribution is 2.52. The molecule has 0 amide bonds. The standard InChI is InChI=1S/C86H74BN3OSSi/c1-84(2,3)58-41-46-61(47-42-58)88(73-38-24-22-35-68(73)57-27-14-10-15-28-57)63-50-51-72-75(54-63)90(74-39-26-37-70-69-36-23-25-40-78(69)91-82(70)74)77-56-67(93(64-29-16-11-17-30-64,65-31-18-12-19-32-65)66-33-20-13-21-34-66)55-76-80(77)87(72)83-81(71-53-60(86(7,8)9)45-52-79(71)92-83)89(76)62-48-43-59(44-49-62)85(4,5)6/h10-56H,1-9H3. The largest absolute Gasteiger partial charge is 0.454 e. The number of anilines is 9. The summed E-state index contributed by atoms with van der Waals surface area (Å²) in [6.07, 6.45) is 0. The Hall–Kier alpha value is -9.92. The Morgan fingerprint density at radius 3 is 1.55 bits per heavy atom. The minimum absolute atomic E-state index is 0.0341. The van der Waals surface area contributed by atoms with Gasteiger partial charge in [-0.3, -0.25) is 0 Å². The number of thiophene rings is 1. The monoisotopic (exact) mass is 1240 g/mol. The van der Waals surface area contributed by atoms with Crippen LogP contribution in [0.3, 0.4) is 0 Å². The molecule has 0 aliphatic carbocycles. The second-order valence-electron chi connectivity index (χ2n) is 28.5. The van der Waals surface area contributed by atoms with Crippen molar-refractivity contribution >= 4 is 146 Å². The van der Waals surface area contributed by atoms with E-state index in [-0.39, 0.29) is 23.0 Å². The molecule has 2 aliphatic rings. The third kappa shape index (κ3) is 9.61. The highest BCUT2D eigenvalue weighted by molar-refractivity contribution is 7.33. The fourth-order valence-corrected chi connectivity index (χ4v) is 21.1. The molecule has 0 bridgehead atoms. The van der Waals surface area contributed by atoms with Gasteiger partial charge in [-0.15, -0.1) is 11.3 Å². The molecule has 0 N–H and O–H groups in total. The molecule has 7 heteroatoms. The van der Waals surface area contributed by atoms with Crippen LogP contribution in [-0.4, -0.2) is 14.8 Å². The molecule has 4 heterocycles. The van der Waals surface area contributed by atoms with Crippen LogP contribution in [0.1, 0.15) is 79.0 Å². The van der Waals surface area contributed by atoms with Crippen LogP contribution in [0.5, 0.6) is 0 Å². The topological polar surface area (TPSA) is 22.9 Å². The van der Waals surface area contributed by atoms with Crippen molar-refractivity contribution in [3.63, 3.8) is 0 Å². The van der Waals surface area contributed by atoms with E-state index in [1.165, 1.54) is 74.6 Å². The zero-order valence-electron chi connectivity index (χ0n) is 54.4. The average molecular weight is 1240 g/mol. The number of nitrogens with zero attached hydrogens (tertiary/aromatic N) is 3. The fourth-order valence-electron chi connectivity index (χ4n) is 15.0. The summed E-state index contributed by atoms with van der Waals surface area (Å²) < 4.78 is 9.90. The summed E-state index contributed by atoms with van der Waals surface area (Å²) in [5.41, 5.74) is 20.2. The minimum Gasteiger partial charge on any atom is -0.454 e. The van der Waals surface area contributed by atoms with Crippen molar-refractivity contribution in [1.82, 2.24) is 0 Å². The molecule has 0 saturated heterocycles. The lowest BCUT2D eigenvalue weighted by molar-refractivity contribution is 0.590. The van der Waals surface area contributed by atoms with Crippen molar-refractivity contribution in [3.05, 3.63) is 302 Å². The number of furan rings is 1. The molecular formula is C86H74BN3OSSi. The van der Waals surface area contributed by atoms with Crippen LogP contribution in [0.15, 0.2) is 290 Å². The molecule has 16 rings (SSSR count). The lowest BCUT2D eigenvalue weighted by atomic mass is 9.36. The first-order valence-electron chi connectivity index (χ1n) is 32.8. The van der Waals surface area contributed by atoms with Gasteiger partial charge < -0.3 is 19.1 Å². The zero-order chi connectivity index (χ0) is 63.5. The first kappa shape index (κ1) is 58.2. The molecule has 14 aromatic rings. The summed E-state index contributed by atoms with van der Waals surface area (Å²) in [6, 6.07) is 108. The van der Waals surface area contributed by atoms with Crippen LogP contribution in [0.25, 0.3) is 43.2 Å². The van der Waals surface area contributed by atoms with E-state index >= 15 is 0 Å². The number of para-hydroxylation sites is 3. The van der Waals surface area contributed by atoms with E-state index < -0.39 is 8.07 Å². The van der Waals surface area contributed by atoms with E-state index in [4.69, 9.17) is 4.42 Å². The van der Waals surface area contributed by atoms with Crippen LogP contribution in [0, 0.1) is 0 Å². The normalized spacial score (nSPS) is 13.2. The Labute approximate surface area is 552 Å². The first-order valence-corrected chi connectivity index (χ1v) is 35.6. The number of rotatable bonds is 10. The van der Waals surface area contributed by atoms with Crippen LogP contribution in [0.2, 0.25) is 0 Å². The van der Waals surface area contributed by atoms with Crippen molar-refractivity contribution in [3.8, 4) is 11.1 Å². The van der Waals surface area contributed by atoms with Crippen LogP contribution in [-0.2, 0) is 16.2 Å². The number of hydrogen-bond acceptors (Lipinski definition) is 5. The van der Waals surface area contributed by atoms with Gasteiger partial charge in [0, 0.05) is 65.3 Å². The lowest BCUT2D eigenvalue weighted by Gasteiger charge is -2.45. The van der Waals surface area contributed by atoms with Gasteiger partial charge in [-0.1, -0.05) is 269 Å². The van der Waals surface area contributed by atoms with Crippen molar-refractivity contribution in [2.24, 2.45) is 0 Å². The van der Waals surface area contributed by atoms with Gasteiger partial charge in [-0.2, -0.15) is 0 Å². The maximum Gasteiger partial charge on any atom is 0.264 e. The molecule has 0 unspecified atom stereocenters. The summed E-state index contributed by atoms with van der Waals surface area (Å²) in [7, 11) is -3.29. The number of benzene rings is 12. The second-order valence-corrected chi connectivity index (χ2v) is 33.4. The van der Waals surface area contributed by atoms with Gasteiger partial charge in [-0.25, -0.2) is 0 Å². The van der Waals surface area contributed by atoms with Gasteiger partial charge in [0.25, 0.3) is 6.71 Å². The number of fused-ring (bicyclic) bond motifs is 9. The smallest absolute Gasteiger partial charge is 0.264 e. The van der Waals surface area contributed by atoms with Crippen molar-refractivity contribution in [2.75, 3.05) is 14.7 Å². The summed E-state index contributed by atoms with van der Waals surface area (Å²) in [5, 5.41) is 8.67. The van der Waals surface area contributed by atoms with Crippen molar-refractivity contribution in [2.45, 2.75) is 78.6 Å². The van der Waals surface area contributed by atoms with Crippen LogP contribution in [0.4, 0.5) is 51.2 Å². The first-order chi connectivity index (χ1) is 45.0. The summed E-state index contributed by atoms with van der Waals surface area (Å²) in [6.45, 7) is 20.7. The second kappa shape index (κ2) is 22.2. The molecule has 0 saturated carbocycles. The van der Waals surface area contributed by atoms with Gasteiger partial charge in [0.1, 0.15) is 5.58 Å². The number of hydrogen-bond donors (Lipinski definition) is 0. The van der Waals surface area contributed by atoms with E-state index in [0.29, 0.717) is 0 Å². The Morgan fingerprint density at radius 2 is 0.925 bits per heavy atom. The van der Waals surface area contributed by atoms with E-state index in [2.05, 4.69) is 362 Å². The molecule has 93 heavy (non-hydrogen) atoms. The summed E-state index contributed by atoms with van der Waals surface area (Å²) >= 11 is 1.96. The summed E-state index contributed by atoms with van der Waals surface area (Å²) in [5.74, 6) is 0. The molecular weight excluding hydrogens is 1160 g/mol. The quantitative estimate of drug-likeness (QED) is 0.101. The third-order valence-corrected chi connectivity index (χ3v) is 25.6. The van der Waals surface area contributed by atoms with Gasteiger partial charge in [0.05, 0.1) is 17.1 Å². The molecule has 2 aromatic heterocycles. The SMILES string of the molecule is CC(C)(C)c1ccc(N(c2ccc3c(c2)N(c2cccc4c2oc2ccccc24)c2cc([Si](c4ccccc4)(c4ccccc4)c4ccccc4)cc4c2B3c2sc3ccc(C(C)(C)C)cc3c2N4c2ccc(C(C)(C)C)cc2)c2ccccc2-c2ccccc2)cc1. The average Bonchev–Trinajstić information content (AvgIpc) is 1.68.